The van der Waals surface area contributed by atoms with Crippen molar-refractivity contribution < 1.29 is 24.2 Å². The third-order valence-electron chi connectivity index (χ3n) is 12.8. The van der Waals surface area contributed by atoms with Crippen LogP contribution in [-0.4, -0.2) is 65.4 Å². The standard InChI is InChI=1S/C55H50N4O5S/c1-64-51(62)47(38-65-55(42-28-14-5-15-29-42,43-30-16-6-17-31-43)44-32-18-7-19-33-44)57-49(60)37-56-50(61)48-36-53(63)45-34-20-21-35-46(45)58-52(53)59(48)54(39-22-8-2-9-23-39,40-24-10-3-11-25-40)41-26-12-4-13-27-41/h2-35,47-48,52,58,63H,36-38H2,1H3,(H,56,61)(H,57,60)/t47-,48-,52?,53?/m0/s1. The summed E-state index contributed by atoms with van der Waals surface area (Å²) < 4.78 is 4.51. The van der Waals surface area contributed by atoms with Gasteiger partial charge in [0.25, 0.3) is 0 Å². The number of ether oxygens (including phenoxy) is 1. The molecule has 0 aromatic heterocycles. The van der Waals surface area contributed by atoms with Crippen LogP contribution in [0.25, 0.3) is 0 Å². The van der Waals surface area contributed by atoms with E-state index in [1.165, 1.54) is 18.9 Å². The molecule has 1 saturated heterocycles. The molecule has 2 amide bonds. The number of likely N-dealkylation sites (tertiary alicyclic amines) is 1. The largest absolute Gasteiger partial charge is 0.467 e. The topological polar surface area (TPSA) is 120 Å². The Morgan fingerprint density at radius 3 is 1.52 bits per heavy atom. The number of thioether (sulfide) groups is 1. The fourth-order valence-corrected chi connectivity index (χ4v) is 11.5. The van der Waals surface area contributed by atoms with E-state index < -0.39 is 58.5 Å². The molecule has 9 nitrogen and oxygen atoms in total. The lowest BCUT2D eigenvalue weighted by atomic mass is 9.74. The smallest absolute Gasteiger partial charge is 0.329 e. The summed E-state index contributed by atoms with van der Waals surface area (Å²) in [6, 6.07) is 66.0. The lowest BCUT2D eigenvalue weighted by Gasteiger charge is -2.48. The fourth-order valence-electron chi connectivity index (χ4n) is 9.94. The van der Waals surface area contributed by atoms with Crippen LogP contribution in [0.3, 0.4) is 0 Å². The Balaban J connectivity index is 1.04. The predicted octanol–water partition coefficient (Wildman–Crippen LogP) is 8.19. The summed E-state index contributed by atoms with van der Waals surface area (Å²) in [5, 5.41) is 22.4. The maximum absolute atomic E-state index is 15.0. The molecule has 4 atom stereocenters. The van der Waals surface area contributed by atoms with Gasteiger partial charge in [-0.1, -0.05) is 200 Å². The minimum Gasteiger partial charge on any atom is -0.467 e. The van der Waals surface area contributed by atoms with E-state index in [0.29, 0.717) is 5.56 Å². The number of carbonyl (C=O) groups is 3. The number of nitrogens with zero attached hydrogens (tertiary/aromatic N) is 1. The van der Waals surface area contributed by atoms with Crippen LogP contribution in [0, 0.1) is 0 Å². The highest BCUT2D eigenvalue weighted by atomic mass is 32.2. The molecular formula is C55H50N4O5S. The van der Waals surface area contributed by atoms with Crippen molar-refractivity contribution in [3.63, 3.8) is 0 Å². The zero-order chi connectivity index (χ0) is 44.9. The lowest BCUT2D eigenvalue weighted by molar-refractivity contribution is -0.144. The molecule has 0 aliphatic carbocycles. The number of aliphatic hydroxyl groups is 1. The molecule has 7 aromatic rings. The lowest BCUT2D eigenvalue weighted by Crippen LogP contribution is -2.60. The molecule has 7 aromatic carbocycles. The molecule has 2 unspecified atom stereocenters. The summed E-state index contributed by atoms with van der Waals surface area (Å²) in [6.45, 7) is -0.426. The number of rotatable bonds is 15. The van der Waals surface area contributed by atoms with E-state index in [-0.39, 0.29) is 12.2 Å². The minimum absolute atomic E-state index is 0.0331. The second-order valence-corrected chi connectivity index (χ2v) is 17.6. The highest BCUT2D eigenvalue weighted by Crippen LogP contribution is 2.56. The van der Waals surface area contributed by atoms with E-state index >= 15 is 4.79 Å². The van der Waals surface area contributed by atoms with Crippen LogP contribution in [0.5, 0.6) is 0 Å². The first-order chi connectivity index (χ1) is 31.8. The summed E-state index contributed by atoms with van der Waals surface area (Å²) in [5.41, 5.74) is 4.60. The number of amides is 2. The SMILES string of the molecule is COC(=O)[C@H](CSC(c1ccccc1)(c1ccccc1)c1ccccc1)NC(=O)CNC(=O)[C@@H]1CC2(O)c3ccccc3NC2N1C(c1ccccc1)(c1ccccc1)c1ccccc1. The Bertz CT molecular complexity index is 2540. The van der Waals surface area contributed by atoms with Crippen molar-refractivity contribution in [1.82, 2.24) is 15.5 Å². The zero-order valence-electron chi connectivity index (χ0n) is 35.9. The monoisotopic (exact) mass is 878 g/mol. The van der Waals surface area contributed by atoms with Gasteiger partial charge >= 0.3 is 5.97 Å². The second-order valence-electron chi connectivity index (χ2n) is 16.4. The van der Waals surface area contributed by atoms with Crippen LogP contribution in [0.2, 0.25) is 0 Å². The molecular weight excluding hydrogens is 829 g/mol. The van der Waals surface area contributed by atoms with Gasteiger partial charge in [-0.2, -0.15) is 0 Å². The Kier molecular flexibility index (Phi) is 12.4. The van der Waals surface area contributed by atoms with E-state index in [2.05, 4.69) is 93.6 Å². The molecule has 2 aliphatic rings. The molecule has 1 fully saturated rings. The van der Waals surface area contributed by atoms with Gasteiger partial charge in [-0.05, 0) is 39.4 Å². The number of anilines is 1. The molecule has 0 saturated carbocycles. The molecule has 2 aliphatic heterocycles. The second kappa shape index (κ2) is 18.6. The number of para-hydroxylation sites is 1. The van der Waals surface area contributed by atoms with Crippen LogP contribution in [-0.2, 0) is 35.0 Å². The van der Waals surface area contributed by atoms with Gasteiger partial charge in [0.15, 0.2) is 0 Å². The van der Waals surface area contributed by atoms with Crippen molar-refractivity contribution in [2.24, 2.45) is 0 Å². The van der Waals surface area contributed by atoms with Crippen LogP contribution in [0.1, 0.15) is 45.4 Å². The third-order valence-corrected chi connectivity index (χ3v) is 14.4. The predicted molar refractivity (Wildman–Crippen MR) is 256 cm³/mol. The van der Waals surface area contributed by atoms with Crippen molar-refractivity contribution in [2.75, 3.05) is 24.7 Å². The molecule has 2 heterocycles. The number of methoxy groups -OCH3 is 1. The van der Waals surface area contributed by atoms with E-state index in [0.717, 1.165) is 39.1 Å². The van der Waals surface area contributed by atoms with Gasteiger partial charge in [-0.3, -0.25) is 14.5 Å². The summed E-state index contributed by atoms with van der Waals surface area (Å²) in [6.07, 6.45) is -0.726. The summed E-state index contributed by atoms with van der Waals surface area (Å²) in [7, 11) is 1.30. The molecule has 0 bridgehead atoms. The molecule has 0 spiro atoms. The zero-order valence-corrected chi connectivity index (χ0v) is 36.7. The van der Waals surface area contributed by atoms with Crippen LogP contribution in [0.4, 0.5) is 5.69 Å². The Morgan fingerprint density at radius 1 is 0.662 bits per heavy atom. The van der Waals surface area contributed by atoms with Crippen molar-refractivity contribution in [3.8, 4) is 0 Å². The van der Waals surface area contributed by atoms with Gasteiger partial charge < -0.3 is 25.8 Å². The quantitative estimate of drug-likeness (QED) is 0.0602. The number of fused-ring (bicyclic) bond motifs is 3. The Morgan fingerprint density at radius 2 is 1.08 bits per heavy atom. The number of hydrogen-bond donors (Lipinski definition) is 4. The fraction of sp³-hybridized carbons (Fsp3) is 0.182. The van der Waals surface area contributed by atoms with Crippen molar-refractivity contribution >= 4 is 35.2 Å². The van der Waals surface area contributed by atoms with Crippen molar-refractivity contribution in [3.05, 3.63) is 245 Å². The summed E-state index contributed by atoms with van der Waals surface area (Å²) >= 11 is 1.52. The number of esters is 1. The highest BCUT2D eigenvalue weighted by Gasteiger charge is 2.64. The summed E-state index contributed by atoms with van der Waals surface area (Å²) in [5.74, 6) is -1.48. The highest BCUT2D eigenvalue weighted by molar-refractivity contribution is 8.00. The normalized spacial score (nSPS) is 18.4. The maximum atomic E-state index is 15.0. The van der Waals surface area contributed by atoms with E-state index in [9.17, 15) is 14.7 Å². The third kappa shape index (κ3) is 7.88. The molecule has 0 radical (unpaired) electrons. The molecule has 4 N–H and O–H groups in total. The maximum Gasteiger partial charge on any atom is 0.329 e. The minimum atomic E-state index is -1.49. The van der Waals surface area contributed by atoms with Crippen molar-refractivity contribution in [2.45, 2.75) is 40.6 Å². The molecule has 65 heavy (non-hydrogen) atoms. The van der Waals surface area contributed by atoms with Crippen LogP contribution >= 0.6 is 11.8 Å². The average Bonchev–Trinajstić information content (AvgIpc) is 3.83. The number of nitrogens with one attached hydrogen (secondary N) is 3. The van der Waals surface area contributed by atoms with Crippen molar-refractivity contribution in [1.29, 1.82) is 0 Å². The average molecular weight is 879 g/mol. The number of benzene rings is 7. The summed E-state index contributed by atoms with van der Waals surface area (Å²) in [4.78, 5) is 44.7. The molecule has 10 heteroatoms. The first-order valence-corrected chi connectivity index (χ1v) is 22.8. The Labute approximate surface area is 383 Å². The Hall–Kier alpha value is -6.98. The van der Waals surface area contributed by atoms with E-state index in [1.807, 2.05) is 133 Å². The molecule has 326 valence electrons. The van der Waals surface area contributed by atoms with E-state index in [4.69, 9.17) is 4.74 Å². The van der Waals surface area contributed by atoms with Gasteiger partial charge in [0.2, 0.25) is 11.8 Å². The van der Waals surface area contributed by atoms with Gasteiger partial charge in [-0.15, -0.1) is 11.8 Å². The number of carbonyl (C=O) groups excluding carboxylic acids is 3. The van der Waals surface area contributed by atoms with Gasteiger partial charge in [0.05, 0.1) is 30.0 Å². The first kappa shape index (κ1) is 43.3. The molecule has 9 rings (SSSR count). The van der Waals surface area contributed by atoms with Crippen LogP contribution < -0.4 is 16.0 Å². The van der Waals surface area contributed by atoms with E-state index in [1.54, 1.807) is 0 Å². The number of hydrogen-bond acceptors (Lipinski definition) is 8. The van der Waals surface area contributed by atoms with Gasteiger partial charge in [0, 0.05) is 23.4 Å². The first-order valence-electron chi connectivity index (χ1n) is 21.8. The van der Waals surface area contributed by atoms with Gasteiger partial charge in [0.1, 0.15) is 17.8 Å². The van der Waals surface area contributed by atoms with Gasteiger partial charge in [-0.25, -0.2) is 4.79 Å². The van der Waals surface area contributed by atoms with Crippen LogP contribution in [0.15, 0.2) is 206 Å².